The van der Waals surface area contributed by atoms with Gasteiger partial charge in [0.25, 0.3) is 5.91 Å². The molecule has 1 saturated heterocycles. The molecule has 5 nitrogen and oxygen atoms in total. The van der Waals surface area contributed by atoms with Gasteiger partial charge >= 0.3 is 0 Å². The fourth-order valence-electron chi connectivity index (χ4n) is 2.56. The molecule has 0 bridgehead atoms. The van der Waals surface area contributed by atoms with Crippen molar-refractivity contribution in [1.82, 2.24) is 10.2 Å². The lowest BCUT2D eigenvalue weighted by Crippen LogP contribution is -2.45. The van der Waals surface area contributed by atoms with Crippen LogP contribution in [0.2, 0.25) is 5.02 Å². The van der Waals surface area contributed by atoms with Crippen LogP contribution in [0.25, 0.3) is 0 Å². The number of hydrogen-bond acceptors (Lipinski definition) is 3. The van der Waals surface area contributed by atoms with Crippen LogP contribution in [0.5, 0.6) is 5.75 Å². The highest BCUT2D eigenvalue weighted by Crippen LogP contribution is 2.19. The molecule has 0 saturated carbocycles. The maximum atomic E-state index is 12.2. The maximum Gasteiger partial charge on any atom is 0.260 e. The Morgan fingerprint density at radius 3 is 2.43 bits per heavy atom. The third-order valence-corrected chi connectivity index (χ3v) is 4.08. The molecule has 23 heavy (non-hydrogen) atoms. The Morgan fingerprint density at radius 1 is 1.26 bits per heavy atom. The van der Waals surface area contributed by atoms with E-state index in [-0.39, 0.29) is 30.4 Å². The largest absolute Gasteiger partial charge is 0.484 e. The molecule has 0 aliphatic carbocycles. The minimum absolute atomic E-state index is 0.00127. The zero-order valence-electron chi connectivity index (χ0n) is 13.5. The molecule has 1 fully saturated rings. The van der Waals surface area contributed by atoms with E-state index in [9.17, 15) is 9.59 Å². The smallest absolute Gasteiger partial charge is 0.260 e. The van der Waals surface area contributed by atoms with Crippen LogP contribution in [-0.2, 0) is 9.59 Å². The van der Waals surface area contributed by atoms with Crippen molar-refractivity contribution in [2.45, 2.75) is 32.7 Å². The molecule has 0 aromatic heterocycles. The van der Waals surface area contributed by atoms with Gasteiger partial charge < -0.3 is 15.0 Å². The van der Waals surface area contributed by atoms with E-state index in [1.165, 1.54) is 0 Å². The normalized spacial score (nSPS) is 15.6. The number of rotatable bonds is 5. The summed E-state index contributed by atoms with van der Waals surface area (Å²) < 4.78 is 5.47. The SMILES string of the molecule is CC(C)NC(=O)C1CCN(C(=O)COc2ccc(Cl)cc2)CC1. The van der Waals surface area contributed by atoms with Crippen LogP contribution >= 0.6 is 11.6 Å². The second-order valence-corrected chi connectivity index (χ2v) is 6.50. The molecule has 6 heteroatoms. The highest BCUT2D eigenvalue weighted by atomic mass is 35.5. The van der Waals surface area contributed by atoms with Gasteiger partial charge in [0.05, 0.1) is 0 Å². The van der Waals surface area contributed by atoms with Crippen molar-refractivity contribution >= 4 is 23.4 Å². The molecular weight excluding hydrogens is 316 g/mol. The van der Waals surface area contributed by atoms with Gasteiger partial charge in [-0.15, -0.1) is 0 Å². The number of piperidine rings is 1. The van der Waals surface area contributed by atoms with E-state index < -0.39 is 0 Å². The summed E-state index contributed by atoms with van der Waals surface area (Å²) in [5.74, 6) is 0.653. The number of carbonyl (C=O) groups is 2. The topological polar surface area (TPSA) is 58.6 Å². The van der Waals surface area contributed by atoms with Gasteiger partial charge in [0, 0.05) is 30.1 Å². The lowest BCUT2D eigenvalue weighted by molar-refractivity contribution is -0.137. The van der Waals surface area contributed by atoms with E-state index >= 15 is 0 Å². The molecule has 0 spiro atoms. The number of carbonyl (C=O) groups excluding carboxylic acids is 2. The van der Waals surface area contributed by atoms with Gasteiger partial charge in [-0.25, -0.2) is 0 Å². The Bertz CT molecular complexity index is 537. The second kappa shape index (κ2) is 8.20. The predicted octanol–water partition coefficient (Wildman–Crippen LogP) is 2.48. The van der Waals surface area contributed by atoms with Crippen LogP contribution in [0.3, 0.4) is 0 Å². The molecule has 0 unspecified atom stereocenters. The van der Waals surface area contributed by atoms with Gasteiger partial charge in [-0.05, 0) is 51.0 Å². The molecule has 1 aliphatic rings. The predicted molar refractivity (Wildman–Crippen MR) is 89.5 cm³/mol. The van der Waals surface area contributed by atoms with E-state index in [1.54, 1.807) is 29.2 Å². The van der Waals surface area contributed by atoms with E-state index in [1.807, 2.05) is 13.8 Å². The van der Waals surface area contributed by atoms with Crippen molar-refractivity contribution in [2.24, 2.45) is 5.92 Å². The van der Waals surface area contributed by atoms with Crippen LogP contribution in [0.15, 0.2) is 24.3 Å². The van der Waals surface area contributed by atoms with Gasteiger partial charge in [0.1, 0.15) is 5.75 Å². The standard InChI is InChI=1S/C17H23ClN2O3/c1-12(2)19-17(22)13-7-9-20(10-8-13)16(21)11-23-15-5-3-14(18)4-6-15/h3-6,12-13H,7-11H2,1-2H3,(H,19,22). The fraction of sp³-hybridized carbons (Fsp3) is 0.529. The number of amides is 2. The Hall–Kier alpha value is -1.75. The van der Waals surface area contributed by atoms with Crippen LogP contribution in [0, 0.1) is 5.92 Å². The summed E-state index contributed by atoms with van der Waals surface area (Å²) in [5.41, 5.74) is 0. The molecule has 1 aliphatic heterocycles. The summed E-state index contributed by atoms with van der Waals surface area (Å²) in [6, 6.07) is 7.06. The van der Waals surface area contributed by atoms with Gasteiger partial charge in [0.2, 0.25) is 5.91 Å². The summed E-state index contributed by atoms with van der Waals surface area (Å²) >= 11 is 5.80. The van der Waals surface area contributed by atoms with Crippen LogP contribution in [0.1, 0.15) is 26.7 Å². The molecular formula is C17H23ClN2O3. The van der Waals surface area contributed by atoms with E-state index in [2.05, 4.69) is 5.32 Å². The first-order valence-corrected chi connectivity index (χ1v) is 8.30. The molecule has 2 rings (SSSR count). The minimum Gasteiger partial charge on any atom is -0.484 e. The molecule has 126 valence electrons. The van der Waals surface area contributed by atoms with Crippen molar-refractivity contribution in [1.29, 1.82) is 0 Å². The zero-order chi connectivity index (χ0) is 16.8. The van der Waals surface area contributed by atoms with Crippen molar-refractivity contribution < 1.29 is 14.3 Å². The van der Waals surface area contributed by atoms with E-state index in [0.29, 0.717) is 36.7 Å². The Balaban J connectivity index is 1.75. The van der Waals surface area contributed by atoms with E-state index in [0.717, 1.165) is 0 Å². The van der Waals surface area contributed by atoms with Gasteiger partial charge in [0.15, 0.2) is 6.61 Å². The summed E-state index contributed by atoms with van der Waals surface area (Å²) in [7, 11) is 0. The first kappa shape index (κ1) is 17.6. The summed E-state index contributed by atoms with van der Waals surface area (Å²) in [6.45, 7) is 5.10. The average molecular weight is 339 g/mol. The molecule has 0 atom stereocenters. The molecule has 0 radical (unpaired) electrons. The monoisotopic (exact) mass is 338 g/mol. The van der Waals surface area contributed by atoms with Crippen molar-refractivity contribution in [3.05, 3.63) is 29.3 Å². The first-order chi connectivity index (χ1) is 11.0. The molecule has 2 amide bonds. The summed E-state index contributed by atoms with van der Waals surface area (Å²) in [5, 5.41) is 3.56. The number of likely N-dealkylation sites (tertiary alicyclic amines) is 1. The average Bonchev–Trinajstić information content (AvgIpc) is 2.53. The molecule has 1 heterocycles. The van der Waals surface area contributed by atoms with Crippen molar-refractivity contribution in [3.63, 3.8) is 0 Å². The van der Waals surface area contributed by atoms with Crippen LogP contribution < -0.4 is 10.1 Å². The highest BCUT2D eigenvalue weighted by Gasteiger charge is 2.27. The number of ether oxygens (including phenoxy) is 1. The molecule has 1 aromatic rings. The number of nitrogens with zero attached hydrogens (tertiary/aromatic N) is 1. The molecule has 1 aromatic carbocycles. The second-order valence-electron chi connectivity index (χ2n) is 6.06. The van der Waals surface area contributed by atoms with Crippen molar-refractivity contribution in [2.75, 3.05) is 19.7 Å². The first-order valence-electron chi connectivity index (χ1n) is 7.92. The molecule has 1 N–H and O–H groups in total. The minimum atomic E-state index is -0.0531. The fourth-order valence-corrected chi connectivity index (χ4v) is 2.69. The van der Waals surface area contributed by atoms with Gasteiger partial charge in [-0.2, -0.15) is 0 Å². The van der Waals surface area contributed by atoms with Gasteiger partial charge in [-0.1, -0.05) is 11.6 Å². The Morgan fingerprint density at radius 2 is 1.87 bits per heavy atom. The highest BCUT2D eigenvalue weighted by molar-refractivity contribution is 6.30. The number of hydrogen-bond donors (Lipinski definition) is 1. The Kier molecular flexibility index (Phi) is 6.28. The third-order valence-electron chi connectivity index (χ3n) is 3.83. The van der Waals surface area contributed by atoms with Crippen LogP contribution in [-0.4, -0.2) is 42.5 Å². The Labute approximate surface area is 141 Å². The lowest BCUT2D eigenvalue weighted by Gasteiger charge is -2.31. The number of halogens is 1. The third kappa shape index (κ3) is 5.43. The van der Waals surface area contributed by atoms with E-state index in [4.69, 9.17) is 16.3 Å². The van der Waals surface area contributed by atoms with Gasteiger partial charge in [-0.3, -0.25) is 9.59 Å². The quantitative estimate of drug-likeness (QED) is 0.897. The number of benzene rings is 1. The van der Waals surface area contributed by atoms with Crippen LogP contribution in [0.4, 0.5) is 0 Å². The summed E-state index contributed by atoms with van der Waals surface area (Å²) in [6.07, 6.45) is 1.40. The number of nitrogens with one attached hydrogen (secondary N) is 1. The van der Waals surface area contributed by atoms with Crippen molar-refractivity contribution in [3.8, 4) is 5.75 Å². The lowest BCUT2D eigenvalue weighted by atomic mass is 9.95. The summed E-state index contributed by atoms with van der Waals surface area (Å²) in [4.78, 5) is 25.9. The maximum absolute atomic E-state index is 12.2. The zero-order valence-corrected chi connectivity index (χ0v) is 14.3.